The van der Waals surface area contributed by atoms with Crippen LogP contribution in [-0.2, 0) is 11.3 Å². The normalized spacial score (nSPS) is 18.5. The van der Waals surface area contributed by atoms with Gasteiger partial charge in [0, 0.05) is 31.5 Å². The number of nitrogens with two attached hydrogens (primary N) is 1. The quantitative estimate of drug-likeness (QED) is 0.271. The number of carbonyl (C=O) groups excluding carboxylic acids is 1. The number of benzene rings is 1. The van der Waals surface area contributed by atoms with E-state index in [1.165, 1.54) is 18.1 Å². The molecular formula is C36H39N7O. The largest absolute Gasteiger partial charge is 0.383 e. The number of pyridine rings is 2. The first-order chi connectivity index (χ1) is 21.5. The van der Waals surface area contributed by atoms with Gasteiger partial charge in [-0.2, -0.15) is 0 Å². The lowest BCUT2D eigenvalue weighted by Crippen LogP contribution is -2.50. The molecule has 44 heavy (non-hydrogen) atoms. The molecule has 1 aliphatic carbocycles. The summed E-state index contributed by atoms with van der Waals surface area (Å²) in [4.78, 5) is 31.2. The zero-order chi connectivity index (χ0) is 30.1. The summed E-state index contributed by atoms with van der Waals surface area (Å²) in [6.07, 6.45) is 16.4. The summed E-state index contributed by atoms with van der Waals surface area (Å²) in [5.74, 6) is 1.24. The van der Waals surface area contributed by atoms with Gasteiger partial charge in [0.1, 0.15) is 11.3 Å². The van der Waals surface area contributed by atoms with Gasteiger partial charge in [-0.05, 0) is 111 Å². The number of rotatable bonds is 6. The van der Waals surface area contributed by atoms with Crippen LogP contribution in [0, 0.1) is 5.41 Å². The molecule has 2 saturated heterocycles. The van der Waals surface area contributed by atoms with Crippen molar-refractivity contribution in [1.82, 2.24) is 29.3 Å². The Bertz CT molecular complexity index is 1760. The fourth-order valence-corrected chi connectivity index (χ4v) is 7.08. The van der Waals surface area contributed by atoms with Crippen LogP contribution in [0.25, 0.3) is 33.8 Å². The van der Waals surface area contributed by atoms with Gasteiger partial charge in [-0.1, -0.05) is 36.9 Å². The van der Waals surface area contributed by atoms with Crippen molar-refractivity contribution in [2.75, 3.05) is 31.9 Å². The highest BCUT2D eigenvalue weighted by atomic mass is 16.2. The second-order valence-corrected chi connectivity index (χ2v) is 12.4. The van der Waals surface area contributed by atoms with Crippen LogP contribution in [0.5, 0.6) is 0 Å². The van der Waals surface area contributed by atoms with Gasteiger partial charge in [-0.15, -0.1) is 0 Å². The van der Waals surface area contributed by atoms with Crippen molar-refractivity contribution in [2.45, 2.75) is 45.1 Å². The first kappa shape index (κ1) is 28.2. The van der Waals surface area contributed by atoms with Gasteiger partial charge in [0.15, 0.2) is 11.5 Å². The number of hydrogen-bond donors (Lipinski definition) is 1. The standard InChI is InChI=1S/C36H39N7O/c1-2-32(44)42-21-7-17-36(25-42)18-22-41(23-19-36)24-26-11-13-28(14-12-26)43-34(29-10-6-20-38-33(29)37)40-31-16-15-30(39-35(31)43)27-8-4-3-5-9-27/h2,4,6,8-16,20H,1,3,5,7,17-19,21-25H2,(H2,37,38). The van der Waals surface area contributed by atoms with E-state index in [-0.39, 0.29) is 11.3 Å². The summed E-state index contributed by atoms with van der Waals surface area (Å²) in [5.41, 5.74) is 13.3. The Morgan fingerprint density at radius 2 is 1.84 bits per heavy atom. The lowest BCUT2D eigenvalue weighted by molar-refractivity contribution is -0.130. The second kappa shape index (κ2) is 11.8. The van der Waals surface area contributed by atoms with E-state index in [1.807, 2.05) is 29.2 Å². The van der Waals surface area contributed by atoms with Crippen molar-refractivity contribution in [3.8, 4) is 17.1 Å². The molecule has 0 bridgehead atoms. The van der Waals surface area contributed by atoms with Crippen LogP contribution in [0.3, 0.4) is 0 Å². The van der Waals surface area contributed by atoms with Gasteiger partial charge in [0.2, 0.25) is 5.91 Å². The highest BCUT2D eigenvalue weighted by Gasteiger charge is 2.39. The number of likely N-dealkylation sites (tertiary alicyclic amines) is 2. The Morgan fingerprint density at radius 3 is 2.59 bits per heavy atom. The van der Waals surface area contributed by atoms with E-state index in [9.17, 15) is 4.79 Å². The number of carbonyl (C=O) groups is 1. The Kier molecular flexibility index (Phi) is 7.60. The number of fused-ring (bicyclic) bond motifs is 1. The Hall–Kier alpha value is -4.56. The Balaban J connectivity index is 1.14. The maximum Gasteiger partial charge on any atom is 0.245 e. The molecule has 2 fully saturated rings. The zero-order valence-corrected chi connectivity index (χ0v) is 25.2. The molecule has 7 rings (SSSR count). The Morgan fingerprint density at radius 1 is 1.00 bits per heavy atom. The number of hydrogen-bond acceptors (Lipinski definition) is 6. The smallest absolute Gasteiger partial charge is 0.245 e. The van der Waals surface area contributed by atoms with Crippen molar-refractivity contribution in [3.63, 3.8) is 0 Å². The molecule has 8 heteroatoms. The molecule has 4 aromatic rings. The van der Waals surface area contributed by atoms with Crippen LogP contribution in [0.15, 0.2) is 85.6 Å². The maximum atomic E-state index is 12.3. The fourth-order valence-electron chi connectivity index (χ4n) is 7.08. The van der Waals surface area contributed by atoms with Crippen molar-refractivity contribution >= 4 is 28.5 Å². The average molecular weight is 586 g/mol. The third kappa shape index (κ3) is 5.46. The van der Waals surface area contributed by atoms with Crippen LogP contribution >= 0.6 is 0 Å². The zero-order valence-electron chi connectivity index (χ0n) is 25.2. The summed E-state index contributed by atoms with van der Waals surface area (Å²) in [5, 5.41) is 0. The number of anilines is 1. The van der Waals surface area contributed by atoms with Crippen LogP contribution in [0.4, 0.5) is 5.82 Å². The minimum atomic E-state index is 0.0703. The van der Waals surface area contributed by atoms with Gasteiger partial charge in [0.05, 0.1) is 11.3 Å². The van der Waals surface area contributed by atoms with Crippen molar-refractivity contribution in [2.24, 2.45) is 5.41 Å². The molecule has 1 amide bonds. The van der Waals surface area contributed by atoms with Crippen molar-refractivity contribution in [3.05, 3.63) is 96.9 Å². The minimum absolute atomic E-state index is 0.0703. The SMILES string of the molecule is C=CC(=O)N1CCCC2(CCN(Cc3ccc(-n4c(-c5cccnc5N)nc5ccc(C6=CCCC=C6)nc54)cc3)CC2)C1. The van der Waals surface area contributed by atoms with E-state index in [1.54, 1.807) is 6.20 Å². The van der Waals surface area contributed by atoms with Gasteiger partial charge in [-0.25, -0.2) is 15.0 Å². The molecule has 2 aliphatic heterocycles. The number of imidazole rings is 1. The van der Waals surface area contributed by atoms with E-state index < -0.39 is 0 Å². The van der Waals surface area contributed by atoms with Gasteiger partial charge in [0.25, 0.3) is 0 Å². The number of nitrogen functional groups attached to an aromatic ring is 1. The van der Waals surface area contributed by atoms with Gasteiger partial charge in [-0.3, -0.25) is 14.3 Å². The van der Waals surface area contributed by atoms with Gasteiger partial charge < -0.3 is 10.6 Å². The third-order valence-electron chi connectivity index (χ3n) is 9.54. The number of aromatic nitrogens is 4. The second-order valence-electron chi connectivity index (χ2n) is 12.4. The molecule has 0 unspecified atom stereocenters. The van der Waals surface area contributed by atoms with Crippen LogP contribution in [0.2, 0.25) is 0 Å². The van der Waals surface area contributed by atoms with Gasteiger partial charge >= 0.3 is 0 Å². The lowest BCUT2D eigenvalue weighted by Gasteiger charge is -2.47. The highest BCUT2D eigenvalue weighted by Crippen LogP contribution is 2.40. The van der Waals surface area contributed by atoms with E-state index >= 15 is 0 Å². The first-order valence-corrected chi connectivity index (χ1v) is 15.7. The molecule has 0 radical (unpaired) electrons. The van der Waals surface area contributed by atoms with Crippen LogP contribution in [-0.4, -0.2) is 61.4 Å². The van der Waals surface area contributed by atoms with Crippen molar-refractivity contribution < 1.29 is 4.79 Å². The third-order valence-corrected chi connectivity index (χ3v) is 9.54. The molecule has 8 nitrogen and oxygen atoms in total. The summed E-state index contributed by atoms with van der Waals surface area (Å²) < 4.78 is 2.10. The molecule has 0 atom stereocenters. The molecule has 1 spiro atoms. The Labute approximate surface area is 258 Å². The fraction of sp³-hybridized carbons (Fsp3) is 0.333. The number of nitrogens with zero attached hydrogens (tertiary/aromatic N) is 6. The minimum Gasteiger partial charge on any atom is -0.383 e. The predicted molar refractivity (Wildman–Crippen MR) is 176 cm³/mol. The summed E-state index contributed by atoms with van der Waals surface area (Å²) >= 11 is 0. The predicted octanol–water partition coefficient (Wildman–Crippen LogP) is 6.19. The number of allylic oxidation sites excluding steroid dienone is 4. The average Bonchev–Trinajstić information content (AvgIpc) is 3.45. The number of piperidine rings is 2. The topological polar surface area (TPSA) is 93.2 Å². The summed E-state index contributed by atoms with van der Waals surface area (Å²) in [7, 11) is 0. The van der Waals surface area contributed by atoms with E-state index in [0.717, 1.165) is 104 Å². The molecule has 224 valence electrons. The first-order valence-electron chi connectivity index (χ1n) is 15.7. The molecule has 1 aromatic carbocycles. The molecule has 5 heterocycles. The van der Waals surface area contributed by atoms with Crippen LogP contribution in [0.1, 0.15) is 49.8 Å². The van der Waals surface area contributed by atoms with Crippen LogP contribution < -0.4 is 5.73 Å². The summed E-state index contributed by atoms with van der Waals surface area (Å²) in [6.45, 7) is 8.41. The van der Waals surface area contributed by atoms with Crippen molar-refractivity contribution in [1.29, 1.82) is 0 Å². The maximum absolute atomic E-state index is 12.3. The summed E-state index contributed by atoms with van der Waals surface area (Å²) in [6, 6.07) is 16.7. The lowest BCUT2D eigenvalue weighted by atomic mass is 9.72. The van der Waals surface area contributed by atoms with E-state index in [2.05, 4.69) is 63.5 Å². The molecule has 0 saturated carbocycles. The number of amides is 1. The molecule has 2 N–H and O–H groups in total. The van der Waals surface area contributed by atoms with E-state index in [0.29, 0.717) is 5.82 Å². The molecule has 3 aliphatic rings. The highest BCUT2D eigenvalue weighted by molar-refractivity contribution is 5.87. The van der Waals surface area contributed by atoms with E-state index in [4.69, 9.17) is 15.7 Å². The molecular weight excluding hydrogens is 546 g/mol. The monoisotopic (exact) mass is 585 g/mol. The molecule has 3 aromatic heterocycles.